The summed E-state index contributed by atoms with van der Waals surface area (Å²) in [6.07, 6.45) is -0.902. The minimum atomic E-state index is -1.70. The summed E-state index contributed by atoms with van der Waals surface area (Å²) in [7, 11) is 0. The van der Waals surface area contributed by atoms with Crippen molar-refractivity contribution < 1.29 is 23.8 Å². The largest absolute Gasteiger partial charge is 0.481 e. The van der Waals surface area contributed by atoms with Gasteiger partial charge in [-0.1, -0.05) is 24.3 Å². The Hall–Kier alpha value is -2.89. The first-order chi connectivity index (χ1) is 11.7. The maximum atomic E-state index is 13.1. The Kier molecular flexibility index (Phi) is 5.41. The summed E-state index contributed by atoms with van der Waals surface area (Å²) in [6.45, 7) is 4.78. The van der Waals surface area contributed by atoms with E-state index in [-0.39, 0.29) is 5.56 Å². The van der Waals surface area contributed by atoms with Gasteiger partial charge in [0.05, 0.1) is 0 Å². The lowest BCUT2D eigenvalue weighted by Crippen LogP contribution is -2.53. The number of benzene rings is 2. The van der Waals surface area contributed by atoms with Crippen LogP contribution in [-0.2, 0) is 15.1 Å². The number of carbonyl (C=O) groups is 2. The van der Waals surface area contributed by atoms with Gasteiger partial charge < -0.3 is 15.2 Å². The van der Waals surface area contributed by atoms with Crippen molar-refractivity contribution >= 4 is 11.9 Å². The molecule has 0 saturated heterocycles. The number of hydrogen-bond acceptors (Lipinski definition) is 3. The van der Waals surface area contributed by atoms with Crippen LogP contribution < -0.4 is 10.1 Å². The van der Waals surface area contributed by atoms with Crippen LogP contribution in [0.4, 0.5) is 4.39 Å². The quantitative estimate of drug-likeness (QED) is 0.844. The normalized spacial score (nSPS) is 14.2. The Bertz CT molecular complexity index is 775. The van der Waals surface area contributed by atoms with Crippen LogP contribution in [0, 0.1) is 12.7 Å². The number of carboxylic acids is 1. The van der Waals surface area contributed by atoms with Crippen molar-refractivity contribution in [3.63, 3.8) is 0 Å². The Morgan fingerprint density at radius 2 is 1.84 bits per heavy atom. The number of nitrogens with one attached hydrogen (secondary N) is 1. The molecule has 0 fully saturated rings. The molecule has 0 heterocycles. The van der Waals surface area contributed by atoms with E-state index >= 15 is 0 Å². The number of carboxylic acid groups (broad SMARTS) is 1. The fraction of sp³-hybridized carbons (Fsp3) is 0.263. The average Bonchev–Trinajstić information content (AvgIpc) is 2.55. The third-order valence-corrected chi connectivity index (χ3v) is 3.89. The van der Waals surface area contributed by atoms with Gasteiger partial charge in [-0.3, -0.25) is 4.79 Å². The second kappa shape index (κ2) is 7.34. The maximum Gasteiger partial charge on any atom is 0.333 e. The lowest BCUT2D eigenvalue weighted by Gasteiger charge is -2.28. The van der Waals surface area contributed by atoms with Crippen LogP contribution in [0.5, 0.6) is 5.75 Å². The number of rotatable bonds is 6. The van der Waals surface area contributed by atoms with Crippen LogP contribution in [0.3, 0.4) is 0 Å². The lowest BCUT2D eigenvalue weighted by molar-refractivity contribution is -0.148. The molecule has 0 aliphatic heterocycles. The predicted molar refractivity (Wildman–Crippen MR) is 90.8 cm³/mol. The van der Waals surface area contributed by atoms with E-state index in [1.165, 1.54) is 26.0 Å². The van der Waals surface area contributed by atoms with Gasteiger partial charge in [-0.25, -0.2) is 9.18 Å². The molecule has 0 aliphatic carbocycles. The topological polar surface area (TPSA) is 75.6 Å². The maximum absolute atomic E-state index is 13.1. The smallest absolute Gasteiger partial charge is 0.333 e. The second-order valence-corrected chi connectivity index (χ2v) is 6.00. The molecule has 2 aromatic carbocycles. The molecule has 0 saturated carbocycles. The standard InChI is InChI=1S/C19H20FNO4/c1-12-5-4-6-16(11-12)25-13(2)17(22)21-19(3,18(23)24)14-7-9-15(20)10-8-14/h4-11,13H,1-3H3,(H,21,22)(H,23,24). The summed E-state index contributed by atoms with van der Waals surface area (Å²) < 4.78 is 18.7. The number of carbonyl (C=O) groups excluding carboxylic acids is 1. The lowest BCUT2D eigenvalue weighted by atomic mass is 9.91. The van der Waals surface area contributed by atoms with Crippen LogP contribution in [0.15, 0.2) is 48.5 Å². The first kappa shape index (κ1) is 18.4. The van der Waals surface area contributed by atoms with Crippen LogP contribution in [0.25, 0.3) is 0 Å². The van der Waals surface area contributed by atoms with E-state index < -0.39 is 29.3 Å². The zero-order chi connectivity index (χ0) is 18.6. The highest BCUT2D eigenvalue weighted by Crippen LogP contribution is 2.22. The zero-order valence-electron chi connectivity index (χ0n) is 14.2. The molecule has 132 valence electrons. The molecule has 5 nitrogen and oxygen atoms in total. The minimum absolute atomic E-state index is 0.262. The Balaban J connectivity index is 2.17. The molecule has 25 heavy (non-hydrogen) atoms. The Labute approximate surface area is 145 Å². The number of amides is 1. The van der Waals surface area contributed by atoms with E-state index in [1.807, 2.05) is 13.0 Å². The third kappa shape index (κ3) is 4.35. The second-order valence-electron chi connectivity index (χ2n) is 6.00. The van der Waals surface area contributed by atoms with Gasteiger partial charge in [-0.2, -0.15) is 0 Å². The highest BCUT2D eigenvalue weighted by atomic mass is 19.1. The third-order valence-electron chi connectivity index (χ3n) is 3.89. The zero-order valence-corrected chi connectivity index (χ0v) is 14.2. The fourth-order valence-corrected chi connectivity index (χ4v) is 2.33. The van der Waals surface area contributed by atoms with Gasteiger partial charge in [-0.15, -0.1) is 0 Å². The molecule has 1 amide bonds. The molecule has 0 bridgehead atoms. The molecule has 0 spiro atoms. The average molecular weight is 345 g/mol. The van der Waals surface area contributed by atoms with Crippen molar-refractivity contribution in [1.29, 1.82) is 0 Å². The molecule has 0 aliphatic rings. The van der Waals surface area contributed by atoms with Crippen molar-refractivity contribution in [3.05, 3.63) is 65.5 Å². The van der Waals surface area contributed by atoms with Crippen molar-refractivity contribution in [2.45, 2.75) is 32.4 Å². The van der Waals surface area contributed by atoms with E-state index in [4.69, 9.17) is 4.74 Å². The number of ether oxygens (including phenoxy) is 1. The monoisotopic (exact) mass is 345 g/mol. The fourth-order valence-electron chi connectivity index (χ4n) is 2.33. The molecule has 2 unspecified atom stereocenters. The summed E-state index contributed by atoms with van der Waals surface area (Å²) in [5, 5.41) is 12.0. The summed E-state index contributed by atoms with van der Waals surface area (Å²) >= 11 is 0. The van der Waals surface area contributed by atoms with Crippen molar-refractivity contribution in [3.8, 4) is 5.75 Å². The first-order valence-corrected chi connectivity index (χ1v) is 7.77. The van der Waals surface area contributed by atoms with Crippen molar-refractivity contribution in [2.24, 2.45) is 0 Å². The highest BCUT2D eigenvalue weighted by molar-refractivity contribution is 5.89. The van der Waals surface area contributed by atoms with Gasteiger partial charge in [0, 0.05) is 0 Å². The summed E-state index contributed by atoms with van der Waals surface area (Å²) in [5.74, 6) is -1.81. The Morgan fingerprint density at radius 1 is 1.20 bits per heavy atom. The van der Waals surface area contributed by atoms with Crippen molar-refractivity contribution in [2.75, 3.05) is 0 Å². The minimum Gasteiger partial charge on any atom is -0.481 e. The van der Waals surface area contributed by atoms with Gasteiger partial charge in [0.15, 0.2) is 11.6 Å². The van der Waals surface area contributed by atoms with E-state index in [2.05, 4.69) is 5.32 Å². The SMILES string of the molecule is Cc1cccc(OC(C)C(=O)NC(C)(C(=O)O)c2ccc(F)cc2)c1. The van der Waals surface area contributed by atoms with Gasteiger partial charge in [0.2, 0.25) is 0 Å². The highest BCUT2D eigenvalue weighted by Gasteiger charge is 2.38. The van der Waals surface area contributed by atoms with E-state index in [0.29, 0.717) is 5.75 Å². The van der Waals surface area contributed by atoms with Crippen LogP contribution in [-0.4, -0.2) is 23.1 Å². The summed E-state index contributed by atoms with van der Waals surface area (Å²) in [6, 6.07) is 12.1. The molecule has 6 heteroatoms. The van der Waals surface area contributed by atoms with Gasteiger partial charge >= 0.3 is 5.97 Å². The summed E-state index contributed by atoms with van der Waals surface area (Å²) in [5.41, 5.74) is -0.459. The first-order valence-electron chi connectivity index (χ1n) is 7.77. The molecule has 2 N–H and O–H groups in total. The van der Waals surface area contributed by atoms with Crippen LogP contribution in [0.2, 0.25) is 0 Å². The molecule has 0 aromatic heterocycles. The van der Waals surface area contributed by atoms with E-state index in [0.717, 1.165) is 17.7 Å². The number of halogens is 1. The van der Waals surface area contributed by atoms with Crippen molar-refractivity contribution in [1.82, 2.24) is 5.32 Å². The molecule has 2 atom stereocenters. The number of hydrogen-bond donors (Lipinski definition) is 2. The van der Waals surface area contributed by atoms with Gasteiger partial charge in [-0.05, 0) is 56.2 Å². The van der Waals surface area contributed by atoms with Gasteiger partial charge in [0.1, 0.15) is 11.6 Å². The Morgan fingerprint density at radius 3 is 2.40 bits per heavy atom. The molecular formula is C19H20FNO4. The molecule has 2 aromatic rings. The molecule has 2 rings (SSSR count). The molecule has 0 radical (unpaired) electrons. The van der Waals surface area contributed by atoms with Crippen LogP contribution in [0.1, 0.15) is 25.0 Å². The predicted octanol–water partition coefficient (Wildman–Crippen LogP) is 3.02. The van der Waals surface area contributed by atoms with E-state index in [9.17, 15) is 19.1 Å². The van der Waals surface area contributed by atoms with E-state index in [1.54, 1.807) is 18.2 Å². The molecular weight excluding hydrogens is 325 g/mol. The van der Waals surface area contributed by atoms with Gasteiger partial charge in [0.25, 0.3) is 5.91 Å². The van der Waals surface area contributed by atoms with Crippen LogP contribution >= 0.6 is 0 Å². The number of aliphatic carboxylic acids is 1. The summed E-state index contributed by atoms with van der Waals surface area (Å²) in [4.78, 5) is 24.1. The number of aryl methyl sites for hydroxylation is 1.